The number of benzene rings is 1. The molecule has 1 atom stereocenters. The zero-order chi connectivity index (χ0) is 10.6. The molecule has 0 saturated carbocycles. The van der Waals surface area contributed by atoms with E-state index < -0.39 is 8.03 Å². The molecule has 3 nitrogen and oxygen atoms in total. The van der Waals surface area contributed by atoms with E-state index in [-0.39, 0.29) is 0 Å². The fourth-order valence-electron chi connectivity index (χ4n) is 1.40. The van der Waals surface area contributed by atoms with Crippen LogP contribution in [-0.4, -0.2) is 18.0 Å². The third-order valence-electron chi connectivity index (χ3n) is 2.24. The van der Waals surface area contributed by atoms with E-state index in [9.17, 15) is 4.57 Å². The van der Waals surface area contributed by atoms with E-state index in [0.717, 1.165) is 18.8 Å². The van der Waals surface area contributed by atoms with Crippen molar-refractivity contribution in [1.82, 2.24) is 0 Å². The summed E-state index contributed by atoms with van der Waals surface area (Å²) in [5.74, 6) is 0. The largest absolute Gasteiger partial charge is 0.372 e. The van der Waals surface area contributed by atoms with Gasteiger partial charge >= 0.3 is 0 Å². The van der Waals surface area contributed by atoms with Crippen molar-refractivity contribution in [2.45, 2.75) is 13.8 Å². The van der Waals surface area contributed by atoms with Gasteiger partial charge in [0.25, 0.3) is 0 Å². The fourth-order valence-corrected chi connectivity index (χ4v) is 1.86. The predicted octanol–water partition coefficient (Wildman–Crippen LogP) is 1.63. The molecule has 1 aromatic rings. The molecule has 0 aromatic heterocycles. The fraction of sp³-hybridized carbons (Fsp3) is 0.400. The first-order valence-electron chi connectivity index (χ1n) is 4.77. The van der Waals surface area contributed by atoms with Crippen molar-refractivity contribution in [3.63, 3.8) is 0 Å². The van der Waals surface area contributed by atoms with E-state index in [2.05, 4.69) is 18.7 Å². The van der Waals surface area contributed by atoms with Gasteiger partial charge in [-0.1, -0.05) is 0 Å². The minimum absolute atomic E-state index is 0.519. The first-order valence-corrected chi connectivity index (χ1v) is 6.12. The van der Waals surface area contributed by atoms with E-state index >= 15 is 0 Å². The van der Waals surface area contributed by atoms with Gasteiger partial charge in [-0.3, -0.25) is 4.57 Å². The summed E-state index contributed by atoms with van der Waals surface area (Å²) in [6.45, 7) is 6.08. The maximum Gasteiger partial charge on any atom is 0.218 e. The summed E-state index contributed by atoms with van der Waals surface area (Å²) in [4.78, 5) is 11.1. The van der Waals surface area contributed by atoms with Crippen molar-refractivity contribution in [2.24, 2.45) is 0 Å². The molecule has 0 heterocycles. The maximum atomic E-state index is 10.8. The quantitative estimate of drug-likeness (QED) is 0.773. The van der Waals surface area contributed by atoms with Gasteiger partial charge in [-0.2, -0.15) is 0 Å². The summed E-state index contributed by atoms with van der Waals surface area (Å²) < 4.78 is 10.8. The summed E-state index contributed by atoms with van der Waals surface area (Å²) in [5, 5.41) is 0.519. The highest BCUT2D eigenvalue weighted by molar-refractivity contribution is 7.47. The molecule has 0 aliphatic heterocycles. The lowest BCUT2D eigenvalue weighted by Gasteiger charge is -2.20. The monoisotopic (exact) mass is 213 g/mol. The van der Waals surface area contributed by atoms with Crippen molar-refractivity contribution in [2.75, 3.05) is 18.0 Å². The Kier molecular flexibility index (Phi) is 4.18. The van der Waals surface area contributed by atoms with E-state index in [1.165, 1.54) is 0 Å². The van der Waals surface area contributed by atoms with Crippen LogP contribution in [0.4, 0.5) is 5.69 Å². The van der Waals surface area contributed by atoms with Crippen LogP contribution in [0.25, 0.3) is 0 Å². The number of rotatable bonds is 4. The number of hydrogen-bond acceptors (Lipinski definition) is 2. The average Bonchev–Trinajstić information content (AvgIpc) is 2.20. The predicted molar refractivity (Wildman–Crippen MR) is 60.9 cm³/mol. The van der Waals surface area contributed by atoms with Gasteiger partial charge in [0.05, 0.1) is 0 Å². The molecule has 0 spiro atoms. The highest BCUT2D eigenvalue weighted by Gasteiger charge is 2.02. The van der Waals surface area contributed by atoms with Crippen LogP contribution in [0.5, 0.6) is 0 Å². The molecular weight excluding hydrogens is 197 g/mol. The Morgan fingerprint density at radius 3 is 2.07 bits per heavy atom. The van der Waals surface area contributed by atoms with Gasteiger partial charge in [-0.05, 0) is 38.1 Å². The van der Waals surface area contributed by atoms with E-state index in [1.807, 2.05) is 12.1 Å². The van der Waals surface area contributed by atoms with Crippen LogP contribution in [0.2, 0.25) is 0 Å². The SMILES string of the molecule is CCN(CC)c1ccc([PH](=O)O)cc1. The average molecular weight is 213 g/mol. The summed E-state index contributed by atoms with van der Waals surface area (Å²) in [5.41, 5.74) is 1.10. The van der Waals surface area contributed by atoms with Gasteiger partial charge in [0.2, 0.25) is 8.03 Å². The third-order valence-corrected chi connectivity index (χ3v) is 3.07. The molecule has 0 fully saturated rings. The Morgan fingerprint density at radius 2 is 1.71 bits per heavy atom. The lowest BCUT2D eigenvalue weighted by atomic mass is 10.3. The first kappa shape index (κ1) is 11.3. The second-order valence-electron chi connectivity index (χ2n) is 3.02. The molecule has 0 radical (unpaired) electrons. The summed E-state index contributed by atoms with van der Waals surface area (Å²) in [6, 6.07) is 7.21. The highest BCUT2D eigenvalue weighted by Crippen LogP contribution is 2.17. The van der Waals surface area contributed by atoms with Crippen LogP contribution in [0.3, 0.4) is 0 Å². The molecule has 1 N–H and O–H groups in total. The molecule has 4 heteroatoms. The standard InChI is InChI=1S/C10H16NO2P/c1-3-11(4-2)9-5-7-10(8-6-9)14(12)13/h5-8,14H,3-4H2,1-2H3,(H,12,13). The minimum atomic E-state index is -2.54. The van der Waals surface area contributed by atoms with Gasteiger partial charge < -0.3 is 9.79 Å². The molecule has 0 aliphatic rings. The lowest BCUT2D eigenvalue weighted by Crippen LogP contribution is -2.21. The number of anilines is 1. The van der Waals surface area contributed by atoms with Crippen molar-refractivity contribution < 1.29 is 9.46 Å². The summed E-state index contributed by atoms with van der Waals surface area (Å²) in [7, 11) is -2.54. The third kappa shape index (κ3) is 2.60. The zero-order valence-electron chi connectivity index (χ0n) is 8.53. The summed E-state index contributed by atoms with van der Waals surface area (Å²) >= 11 is 0. The molecule has 1 rings (SSSR count). The van der Waals surface area contributed by atoms with Gasteiger partial charge in [-0.25, -0.2) is 0 Å². The van der Waals surface area contributed by atoms with E-state index in [4.69, 9.17) is 4.89 Å². The van der Waals surface area contributed by atoms with Crippen LogP contribution in [-0.2, 0) is 4.57 Å². The van der Waals surface area contributed by atoms with Crippen LogP contribution in [0.15, 0.2) is 24.3 Å². The Balaban J connectivity index is 2.87. The zero-order valence-corrected chi connectivity index (χ0v) is 9.53. The Labute approximate surface area is 85.2 Å². The Hall–Kier alpha value is -0.790. The van der Waals surface area contributed by atoms with E-state index in [0.29, 0.717) is 5.30 Å². The topological polar surface area (TPSA) is 40.5 Å². The Morgan fingerprint density at radius 1 is 1.21 bits per heavy atom. The van der Waals surface area contributed by atoms with E-state index in [1.54, 1.807) is 12.1 Å². The van der Waals surface area contributed by atoms with Gasteiger partial charge in [0, 0.05) is 24.1 Å². The molecule has 1 unspecified atom stereocenters. The minimum Gasteiger partial charge on any atom is -0.372 e. The number of hydrogen-bond donors (Lipinski definition) is 1. The van der Waals surface area contributed by atoms with Gasteiger partial charge in [0.1, 0.15) is 0 Å². The highest BCUT2D eigenvalue weighted by atomic mass is 31.1. The Bertz CT molecular complexity index is 306. The molecule has 1 aromatic carbocycles. The van der Waals surface area contributed by atoms with Crippen molar-refractivity contribution in [1.29, 1.82) is 0 Å². The smallest absolute Gasteiger partial charge is 0.218 e. The molecule has 0 aliphatic carbocycles. The van der Waals surface area contributed by atoms with Crippen molar-refractivity contribution in [3.8, 4) is 0 Å². The second-order valence-corrected chi connectivity index (χ2v) is 4.21. The lowest BCUT2D eigenvalue weighted by molar-refractivity contribution is 0.513. The van der Waals surface area contributed by atoms with Gasteiger partial charge in [0.15, 0.2) is 0 Å². The van der Waals surface area contributed by atoms with Crippen LogP contribution < -0.4 is 10.2 Å². The van der Waals surface area contributed by atoms with Crippen LogP contribution in [0.1, 0.15) is 13.8 Å². The molecule has 0 bridgehead atoms. The van der Waals surface area contributed by atoms with Crippen LogP contribution >= 0.6 is 8.03 Å². The molecule has 0 amide bonds. The van der Waals surface area contributed by atoms with Crippen molar-refractivity contribution >= 4 is 19.0 Å². The van der Waals surface area contributed by atoms with Crippen LogP contribution in [0, 0.1) is 0 Å². The summed E-state index contributed by atoms with van der Waals surface area (Å²) in [6.07, 6.45) is 0. The molecule has 0 saturated heterocycles. The maximum absolute atomic E-state index is 10.8. The second kappa shape index (κ2) is 5.18. The first-order chi connectivity index (χ1) is 6.69. The normalized spacial score (nSPS) is 12.5. The van der Waals surface area contributed by atoms with Crippen molar-refractivity contribution in [3.05, 3.63) is 24.3 Å². The molecule has 14 heavy (non-hydrogen) atoms. The van der Waals surface area contributed by atoms with Gasteiger partial charge in [-0.15, -0.1) is 0 Å². The molecule has 78 valence electrons. The molecular formula is C10H16NO2P. The number of nitrogens with zero attached hydrogens (tertiary/aromatic N) is 1.